The number of piperidine rings is 1. The summed E-state index contributed by atoms with van der Waals surface area (Å²) in [6.45, 7) is 1.02. The van der Waals surface area contributed by atoms with Crippen LogP contribution in [0.1, 0.15) is 30.0 Å². The first-order chi connectivity index (χ1) is 16.5. The Kier molecular flexibility index (Phi) is 5.78. The van der Waals surface area contributed by atoms with Crippen LogP contribution < -0.4 is 0 Å². The van der Waals surface area contributed by atoms with Crippen molar-refractivity contribution < 1.29 is 9.90 Å². The third-order valence-corrected chi connectivity index (χ3v) is 6.52. The standard InChI is InChI=1S/C25H21ClN6O2/c26-23-4-2-1-3-21(23)16(11-27)9-18-13-29-24-22(18)10-17(12-28-24)19-14-30-32(15-19)20-5-7-31(8-6-20)25(33)34/h1-4,9-10,12-15,20H,5-8H2,(H,28,29)(H,33,34)/b16-9+. The Hall–Kier alpha value is -4.09. The maximum atomic E-state index is 11.1. The zero-order valence-electron chi connectivity index (χ0n) is 18.1. The number of hydrogen-bond acceptors (Lipinski definition) is 4. The molecule has 0 radical (unpaired) electrons. The van der Waals surface area contributed by atoms with Gasteiger partial charge in [0.2, 0.25) is 0 Å². The summed E-state index contributed by atoms with van der Waals surface area (Å²) >= 11 is 6.30. The summed E-state index contributed by atoms with van der Waals surface area (Å²) in [6, 6.07) is 11.7. The molecule has 3 aromatic heterocycles. The maximum absolute atomic E-state index is 11.1. The topological polar surface area (TPSA) is 111 Å². The van der Waals surface area contributed by atoms with Gasteiger partial charge in [-0.2, -0.15) is 10.4 Å². The number of pyridine rings is 1. The van der Waals surface area contributed by atoms with Crippen molar-refractivity contribution in [2.75, 3.05) is 13.1 Å². The molecule has 1 fully saturated rings. The number of aromatic nitrogens is 4. The lowest BCUT2D eigenvalue weighted by atomic mass is 10.0. The number of allylic oxidation sites excluding steroid dienone is 1. The summed E-state index contributed by atoms with van der Waals surface area (Å²) in [6.07, 6.45) is 9.81. The van der Waals surface area contributed by atoms with Crippen LogP contribution in [-0.2, 0) is 0 Å². The van der Waals surface area contributed by atoms with Crippen molar-refractivity contribution in [1.29, 1.82) is 5.26 Å². The molecule has 0 bridgehead atoms. The lowest BCUT2D eigenvalue weighted by Crippen LogP contribution is -2.38. The first-order valence-electron chi connectivity index (χ1n) is 10.9. The SMILES string of the molecule is N#C/C(=C\c1c[nH]c2ncc(-c3cnn(C4CCN(C(=O)O)CC4)c3)cc12)c1ccccc1Cl. The molecule has 4 aromatic rings. The minimum absolute atomic E-state index is 0.167. The summed E-state index contributed by atoms with van der Waals surface area (Å²) in [5.41, 5.74) is 4.55. The van der Waals surface area contributed by atoms with Crippen LogP contribution in [0, 0.1) is 11.3 Å². The number of hydrogen-bond donors (Lipinski definition) is 2. The molecule has 1 aromatic carbocycles. The zero-order valence-corrected chi connectivity index (χ0v) is 18.9. The van der Waals surface area contributed by atoms with Crippen molar-refractivity contribution in [2.45, 2.75) is 18.9 Å². The van der Waals surface area contributed by atoms with Gasteiger partial charge in [-0.3, -0.25) is 4.68 Å². The molecule has 1 amide bonds. The number of halogens is 1. The Morgan fingerprint density at radius 1 is 1.24 bits per heavy atom. The van der Waals surface area contributed by atoms with E-state index in [4.69, 9.17) is 16.7 Å². The number of rotatable bonds is 4. The first kappa shape index (κ1) is 21.7. The molecule has 170 valence electrons. The Morgan fingerprint density at radius 3 is 2.76 bits per heavy atom. The number of fused-ring (bicyclic) bond motifs is 1. The number of carboxylic acid groups (broad SMARTS) is 1. The molecule has 9 heteroatoms. The van der Waals surface area contributed by atoms with Crippen LogP contribution in [0.4, 0.5) is 4.79 Å². The van der Waals surface area contributed by atoms with Gasteiger partial charge in [0.1, 0.15) is 5.65 Å². The molecule has 1 aliphatic heterocycles. The third-order valence-electron chi connectivity index (χ3n) is 6.19. The van der Waals surface area contributed by atoms with Crippen molar-refractivity contribution in [2.24, 2.45) is 0 Å². The lowest BCUT2D eigenvalue weighted by Gasteiger charge is -2.30. The number of nitriles is 1. The van der Waals surface area contributed by atoms with Gasteiger partial charge in [0, 0.05) is 64.3 Å². The number of H-pyrrole nitrogens is 1. The van der Waals surface area contributed by atoms with Crippen molar-refractivity contribution in [3.05, 3.63) is 71.3 Å². The highest BCUT2D eigenvalue weighted by atomic mass is 35.5. The normalized spacial score (nSPS) is 14.9. The molecule has 0 unspecified atom stereocenters. The summed E-state index contributed by atoms with van der Waals surface area (Å²) in [4.78, 5) is 20.3. The largest absolute Gasteiger partial charge is 0.465 e. The van der Waals surface area contributed by atoms with E-state index in [9.17, 15) is 10.1 Å². The second kappa shape index (κ2) is 9.04. The van der Waals surface area contributed by atoms with E-state index >= 15 is 0 Å². The van der Waals surface area contributed by atoms with Gasteiger partial charge in [-0.15, -0.1) is 0 Å². The van der Waals surface area contributed by atoms with Gasteiger partial charge < -0.3 is 15.0 Å². The second-order valence-corrected chi connectivity index (χ2v) is 8.63. The lowest BCUT2D eigenvalue weighted by molar-refractivity contribution is 0.124. The molecule has 4 heterocycles. The molecule has 34 heavy (non-hydrogen) atoms. The minimum Gasteiger partial charge on any atom is -0.465 e. The highest BCUT2D eigenvalue weighted by Crippen LogP contribution is 2.30. The van der Waals surface area contributed by atoms with Gasteiger partial charge in [-0.1, -0.05) is 29.8 Å². The van der Waals surface area contributed by atoms with E-state index in [2.05, 4.69) is 21.1 Å². The highest BCUT2D eigenvalue weighted by molar-refractivity contribution is 6.32. The molecular formula is C25H21ClN6O2. The molecule has 5 rings (SSSR count). The molecule has 8 nitrogen and oxygen atoms in total. The molecule has 0 saturated carbocycles. The number of carbonyl (C=O) groups is 1. The van der Waals surface area contributed by atoms with E-state index in [-0.39, 0.29) is 6.04 Å². The van der Waals surface area contributed by atoms with E-state index in [1.165, 1.54) is 4.90 Å². The van der Waals surface area contributed by atoms with Crippen LogP contribution in [0.3, 0.4) is 0 Å². The molecule has 0 aliphatic carbocycles. The number of likely N-dealkylation sites (tertiary alicyclic amines) is 1. The molecule has 0 atom stereocenters. The fraction of sp³-hybridized carbons (Fsp3) is 0.200. The number of nitrogens with zero attached hydrogens (tertiary/aromatic N) is 5. The van der Waals surface area contributed by atoms with Crippen LogP contribution in [-0.4, -0.2) is 48.9 Å². The highest BCUT2D eigenvalue weighted by Gasteiger charge is 2.24. The van der Waals surface area contributed by atoms with E-state index < -0.39 is 6.09 Å². The van der Waals surface area contributed by atoms with Crippen LogP contribution in [0.15, 0.2) is 55.1 Å². The van der Waals surface area contributed by atoms with Gasteiger partial charge in [0.05, 0.1) is 23.9 Å². The van der Waals surface area contributed by atoms with E-state index in [0.717, 1.165) is 40.6 Å². The summed E-state index contributed by atoms with van der Waals surface area (Å²) in [7, 11) is 0. The number of benzene rings is 1. The van der Waals surface area contributed by atoms with E-state index in [0.29, 0.717) is 29.2 Å². The monoisotopic (exact) mass is 472 g/mol. The quantitative estimate of drug-likeness (QED) is 0.383. The zero-order chi connectivity index (χ0) is 23.7. The molecular weight excluding hydrogens is 452 g/mol. The van der Waals surface area contributed by atoms with Crippen LogP contribution in [0.25, 0.3) is 33.8 Å². The number of amides is 1. The van der Waals surface area contributed by atoms with Crippen molar-refractivity contribution in [3.63, 3.8) is 0 Å². The number of aromatic amines is 1. The van der Waals surface area contributed by atoms with Gasteiger partial charge in [0.15, 0.2) is 0 Å². The second-order valence-electron chi connectivity index (χ2n) is 8.22. The average Bonchev–Trinajstić information content (AvgIpc) is 3.50. The molecule has 2 N–H and O–H groups in total. The van der Waals surface area contributed by atoms with Crippen molar-refractivity contribution in [1.82, 2.24) is 24.6 Å². The summed E-state index contributed by atoms with van der Waals surface area (Å²) in [5, 5.41) is 24.8. The Bertz CT molecular complexity index is 1440. The van der Waals surface area contributed by atoms with E-state index in [1.54, 1.807) is 18.5 Å². The van der Waals surface area contributed by atoms with Gasteiger partial charge in [-0.25, -0.2) is 9.78 Å². The Morgan fingerprint density at radius 2 is 2.03 bits per heavy atom. The summed E-state index contributed by atoms with van der Waals surface area (Å²) in [5.74, 6) is 0. The van der Waals surface area contributed by atoms with Crippen LogP contribution >= 0.6 is 11.6 Å². The predicted octanol–water partition coefficient (Wildman–Crippen LogP) is 5.46. The molecule has 0 spiro atoms. The minimum atomic E-state index is -0.871. The van der Waals surface area contributed by atoms with Gasteiger partial charge in [-0.05, 0) is 31.1 Å². The Balaban J connectivity index is 1.44. The maximum Gasteiger partial charge on any atom is 0.407 e. The third kappa shape index (κ3) is 4.14. The summed E-state index contributed by atoms with van der Waals surface area (Å²) < 4.78 is 1.92. The Labute approximate surface area is 200 Å². The molecule has 1 aliphatic rings. The molecule has 1 saturated heterocycles. The predicted molar refractivity (Wildman–Crippen MR) is 130 cm³/mol. The van der Waals surface area contributed by atoms with Gasteiger partial charge in [0.25, 0.3) is 0 Å². The van der Waals surface area contributed by atoms with E-state index in [1.807, 2.05) is 47.4 Å². The van der Waals surface area contributed by atoms with Crippen molar-refractivity contribution >= 4 is 40.4 Å². The first-order valence-corrected chi connectivity index (χ1v) is 11.3. The van der Waals surface area contributed by atoms with Crippen molar-refractivity contribution in [3.8, 4) is 17.2 Å². The van der Waals surface area contributed by atoms with Gasteiger partial charge >= 0.3 is 6.09 Å². The fourth-order valence-corrected chi connectivity index (χ4v) is 4.55. The fourth-order valence-electron chi connectivity index (χ4n) is 4.31. The van der Waals surface area contributed by atoms with Crippen LogP contribution in [0.5, 0.6) is 0 Å². The van der Waals surface area contributed by atoms with Crippen LogP contribution in [0.2, 0.25) is 5.02 Å². The number of nitrogens with one attached hydrogen (secondary N) is 1. The smallest absolute Gasteiger partial charge is 0.407 e. The average molecular weight is 473 g/mol.